The van der Waals surface area contributed by atoms with Gasteiger partial charge in [-0.1, -0.05) is 37.3 Å². The lowest BCUT2D eigenvalue weighted by Gasteiger charge is -2.29. The molecule has 2 amide bonds. The summed E-state index contributed by atoms with van der Waals surface area (Å²) in [6.07, 6.45) is -0.0976. The van der Waals surface area contributed by atoms with Crippen LogP contribution in [0.5, 0.6) is 17.2 Å². The summed E-state index contributed by atoms with van der Waals surface area (Å²) in [6, 6.07) is 21.5. The number of ether oxygens (including phenoxy) is 3. The Morgan fingerprint density at radius 1 is 0.838 bits per heavy atom. The van der Waals surface area contributed by atoms with Crippen LogP contribution in [0.1, 0.15) is 31.9 Å². The van der Waals surface area contributed by atoms with Gasteiger partial charge in [0.05, 0.1) is 37.7 Å². The predicted molar refractivity (Wildman–Crippen MR) is 139 cm³/mol. The molecular weight excluding hydrogens is 472 g/mol. The minimum Gasteiger partial charge on any atom is -0.494 e. The molecule has 2 aliphatic heterocycles. The Kier molecular flexibility index (Phi) is 7.01. The van der Waals surface area contributed by atoms with E-state index < -0.39 is 24.0 Å². The van der Waals surface area contributed by atoms with Crippen LogP contribution in [0.4, 0.5) is 11.4 Å². The molecule has 2 aliphatic rings. The van der Waals surface area contributed by atoms with E-state index >= 15 is 0 Å². The van der Waals surface area contributed by atoms with E-state index in [0.29, 0.717) is 36.1 Å². The highest BCUT2D eigenvalue weighted by Crippen LogP contribution is 2.48. The predicted octanol–water partition coefficient (Wildman–Crippen LogP) is 4.93. The number of imide groups is 1. The van der Waals surface area contributed by atoms with E-state index in [1.807, 2.05) is 62.4 Å². The lowest BCUT2D eigenvalue weighted by Crippen LogP contribution is -2.37. The van der Waals surface area contributed by atoms with Gasteiger partial charge in [-0.3, -0.25) is 14.4 Å². The van der Waals surface area contributed by atoms with Crippen LogP contribution < -0.4 is 24.2 Å². The Hall–Kier alpha value is -4.04. The standard InChI is InChI=1S/C29H30N2O6/c1-4-16-36-23-15-14-19(17-24(23)34-3)26-25-27(37-31(26)20-10-7-6-8-11-20)29(33)30(28(25)32)21-12-9-13-22(18-21)35-5-2/h6-15,17-18,25-27H,4-5,16H2,1-3H3/t25-,26-,27-/m0/s1. The maximum atomic E-state index is 13.9. The van der Waals surface area contributed by atoms with Crippen molar-refractivity contribution in [1.82, 2.24) is 0 Å². The van der Waals surface area contributed by atoms with Crippen molar-refractivity contribution >= 4 is 23.2 Å². The number of benzene rings is 3. The highest BCUT2D eigenvalue weighted by atomic mass is 16.7. The number of hydrogen-bond acceptors (Lipinski definition) is 7. The molecule has 0 spiro atoms. The van der Waals surface area contributed by atoms with Crippen molar-refractivity contribution in [2.24, 2.45) is 5.92 Å². The fourth-order valence-electron chi connectivity index (χ4n) is 4.89. The van der Waals surface area contributed by atoms with Gasteiger partial charge < -0.3 is 14.2 Å². The molecule has 192 valence electrons. The van der Waals surface area contributed by atoms with Crippen LogP contribution in [0.2, 0.25) is 0 Å². The van der Waals surface area contributed by atoms with Gasteiger partial charge in [0.15, 0.2) is 17.6 Å². The summed E-state index contributed by atoms with van der Waals surface area (Å²) in [7, 11) is 1.58. The van der Waals surface area contributed by atoms with Crippen LogP contribution in [-0.2, 0) is 14.4 Å². The molecule has 0 unspecified atom stereocenters. The number of rotatable bonds is 9. The molecule has 0 radical (unpaired) electrons. The SMILES string of the molecule is CCCOc1ccc([C@H]2[C@@H]3C(=O)N(c4cccc(OCC)c4)C(=O)[C@H]3ON2c2ccccc2)cc1OC. The Balaban J connectivity index is 1.55. The topological polar surface area (TPSA) is 77.5 Å². The molecule has 2 fully saturated rings. The van der Waals surface area contributed by atoms with Gasteiger partial charge in [0.1, 0.15) is 11.7 Å². The molecule has 8 nitrogen and oxygen atoms in total. The van der Waals surface area contributed by atoms with Gasteiger partial charge in [-0.25, -0.2) is 9.96 Å². The number of nitrogens with zero attached hydrogens (tertiary/aromatic N) is 2. The first-order valence-corrected chi connectivity index (χ1v) is 12.5. The molecule has 0 aliphatic carbocycles. The molecule has 5 rings (SSSR count). The van der Waals surface area contributed by atoms with Crippen LogP contribution in [0, 0.1) is 5.92 Å². The minimum atomic E-state index is -0.963. The zero-order valence-electron chi connectivity index (χ0n) is 21.1. The van der Waals surface area contributed by atoms with Crippen molar-refractivity contribution in [2.45, 2.75) is 32.4 Å². The third kappa shape index (κ3) is 4.49. The van der Waals surface area contributed by atoms with E-state index in [-0.39, 0.29) is 5.91 Å². The number of carbonyl (C=O) groups is 2. The molecule has 0 aromatic heterocycles. The molecule has 0 bridgehead atoms. The van der Waals surface area contributed by atoms with Crippen molar-refractivity contribution in [3.8, 4) is 17.2 Å². The second-order valence-corrected chi connectivity index (χ2v) is 8.86. The van der Waals surface area contributed by atoms with E-state index in [1.165, 1.54) is 4.90 Å². The minimum absolute atomic E-state index is 0.322. The third-order valence-electron chi connectivity index (χ3n) is 6.50. The van der Waals surface area contributed by atoms with Gasteiger partial charge in [-0.05, 0) is 55.3 Å². The van der Waals surface area contributed by atoms with Gasteiger partial charge in [0.25, 0.3) is 5.91 Å². The zero-order valence-corrected chi connectivity index (χ0v) is 21.1. The van der Waals surface area contributed by atoms with Crippen molar-refractivity contribution in [3.05, 3.63) is 78.4 Å². The van der Waals surface area contributed by atoms with E-state index in [9.17, 15) is 9.59 Å². The molecule has 37 heavy (non-hydrogen) atoms. The van der Waals surface area contributed by atoms with Gasteiger partial charge in [0, 0.05) is 6.07 Å². The Labute approximate surface area is 216 Å². The molecule has 3 atom stereocenters. The Morgan fingerprint density at radius 2 is 1.62 bits per heavy atom. The molecule has 8 heteroatoms. The van der Waals surface area contributed by atoms with E-state index in [0.717, 1.165) is 17.7 Å². The van der Waals surface area contributed by atoms with Gasteiger partial charge in [-0.15, -0.1) is 0 Å². The largest absolute Gasteiger partial charge is 0.494 e. The third-order valence-corrected chi connectivity index (χ3v) is 6.50. The lowest BCUT2D eigenvalue weighted by molar-refractivity contribution is -0.126. The summed E-state index contributed by atoms with van der Waals surface area (Å²) in [5, 5.41) is 1.67. The summed E-state index contributed by atoms with van der Waals surface area (Å²) in [4.78, 5) is 34.9. The molecule has 3 aromatic rings. The summed E-state index contributed by atoms with van der Waals surface area (Å²) >= 11 is 0. The highest BCUT2D eigenvalue weighted by molar-refractivity contribution is 6.24. The molecule has 0 N–H and O–H groups in total. The fraction of sp³-hybridized carbons (Fsp3) is 0.310. The van der Waals surface area contributed by atoms with Crippen molar-refractivity contribution in [2.75, 3.05) is 30.3 Å². The van der Waals surface area contributed by atoms with Crippen LogP contribution in [0.25, 0.3) is 0 Å². The molecule has 2 heterocycles. The van der Waals surface area contributed by atoms with Gasteiger partial charge in [-0.2, -0.15) is 0 Å². The van der Waals surface area contributed by atoms with Crippen molar-refractivity contribution in [3.63, 3.8) is 0 Å². The number of amides is 2. The van der Waals surface area contributed by atoms with Crippen molar-refractivity contribution < 1.29 is 28.6 Å². The van der Waals surface area contributed by atoms with E-state index in [2.05, 4.69) is 0 Å². The second-order valence-electron chi connectivity index (χ2n) is 8.86. The van der Waals surface area contributed by atoms with Gasteiger partial charge in [0.2, 0.25) is 5.91 Å². The quantitative estimate of drug-likeness (QED) is 0.384. The fourth-order valence-corrected chi connectivity index (χ4v) is 4.89. The number of hydrogen-bond donors (Lipinski definition) is 0. The number of methoxy groups -OCH3 is 1. The number of hydroxylamine groups is 1. The van der Waals surface area contributed by atoms with E-state index in [1.54, 1.807) is 36.4 Å². The maximum absolute atomic E-state index is 13.9. The number of para-hydroxylation sites is 1. The smallest absolute Gasteiger partial charge is 0.266 e. The Morgan fingerprint density at radius 3 is 2.35 bits per heavy atom. The summed E-state index contributed by atoms with van der Waals surface area (Å²) in [6.45, 7) is 4.96. The summed E-state index contributed by atoms with van der Waals surface area (Å²) < 4.78 is 17.0. The number of fused-ring (bicyclic) bond motifs is 1. The first-order valence-electron chi connectivity index (χ1n) is 12.5. The molecule has 3 aromatic carbocycles. The lowest BCUT2D eigenvalue weighted by atomic mass is 9.90. The van der Waals surface area contributed by atoms with Gasteiger partial charge >= 0.3 is 0 Å². The average molecular weight is 503 g/mol. The summed E-state index contributed by atoms with van der Waals surface area (Å²) in [5.74, 6) is 0.293. The van der Waals surface area contributed by atoms with Crippen LogP contribution in [0.15, 0.2) is 72.8 Å². The van der Waals surface area contributed by atoms with Crippen LogP contribution in [0.3, 0.4) is 0 Å². The monoisotopic (exact) mass is 502 g/mol. The molecule has 2 saturated heterocycles. The highest BCUT2D eigenvalue weighted by Gasteiger charge is 2.60. The van der Waals surface area contributed by atoms with Crippen LogP contribution >= 0.6 is 0 Å². The first-order chi connectivity index (χ1) is 18.1. The average Bonchev–Trinajstić information content (AvgIpc) is 3.44. The second kappa shape index (κ2) is 10.5. The molecular formula is C29H30N2O6. The normalized spacial score (nSPS) is 20.8. The number of anilines is 2. The summed E-state index contributed by atoms with van der Waals surface area (Å²) in [5.41, 5.74) is 1.99. The van der Waals surface area contributed by atoms with Crippen LogP contribution in [-0.4, -0.2) is 38.2 Å². The zero-order chi connectivity index (χ0) is 25.9. The Bertz CT molecular complexity index is 1280. The maximum Gasteiger partial charge on any atom is 0.266 e. The van der Waals surface area contributed by atoms with Crippen molar-refractivity contribution in [1.29, 1.82) is 0 Å². The molecule has 0 saturated carbocycles. The first kappa shape index (κ1) is 24.6. The van der Waals surface area contributed by atoms with E-state index in [4.69, 9.17) is 19.0 Å². The number of carbonyl (C=O) groups excluding carboxylic acids is 2.